The number of piperidine rings is 1. The van der Waals surface area contributed by atoms with Crippen LogP contribution in [0.25, 0.3) is 0 Å². The molecule has 1 N–H and O–H groups in total. The first kappa shape index (κ1) is 24.7. The SMILES string of the molecule is C=C(C)CN=C(NCCc1ccco1)N1CCN(CC(=O)N2CCCCC2)CC1.I. The summed E-state index contributed by atoms with van der Waals surface area (Å²) >= 11 is 0. The molecule has 0 bridgehead atoms. The summed E-state index contributed by atoms with van der Waals surface area (Å²) in [5, 5.41) is 3.47. The average molecular weight is 529 g/mol. The van der Waals surface area contributed by atoms with Crippen LogP contribution in [0, 0.1) is 0 Å². The highest BCUT2D eigenvalue weighted by Gasteiger charge is 2.24. The van der Waals surface area contributed by atoms with Gasteiger partial charge in [-0.2, -0.15) is 0 Å². The van der Waals surface area contributed by atoms with Crippen LogP contribution < -0.4 is 5.32 Å². The smallest absolute Gasteiger partial charge is 0.236 e. The van der Waals surface area contributed by atoms with Crippen molar-refractivity contribution in [2.24, 2.45) is 4.99 Å². The summed E-state index contributed by atoms with van der Waals surface area (Å²) in [6.07, 6.45) is 6.07. The number of piperazine rings is 1. The zero-order valence-electron chi connectivity index (χ0n) is 18.1. The van der Waals surface area contributed by atoms with Gasteiger partial charge in [0.25, 0.3) is 0 Å². The Morgan fingerprint density at radius 2 is 1.87 bits per heavy atom. The molecular formula is C22H36IN5O2. The van der Waals surface area contributed by atoms with Crippen molar-refractivity contribution in [3.63, 3.8) is 0 Å². The van der Waals surface area contributed by atoms with Crippen LogP contribution in [0.4, 0.5) is 0 Å². The lowest BCUT2D eigenvalue weighted by Crippen LogP contribution is -2.54. The first-order chi connectivity index (χ1) is 14.1. The molecule has 30 heavy (non-hydrogen) atoms. The molecule has 0 spiro atoms. The van der Waals surface area contributed by atoms with Gasteiger partial charge in [0.15, 0.2) is 5.96 Å². The molecule has 2 aliphatic rings. The Hall–Kier alpha value is -1.55. The van der Waals surface area contributed by atoms with Crippen LogP contribution in [-0.4, -0.2) is 85.5 Å². The van der Waals surface area contributed by atoms with Gasteiger partial charge in [0.1, 0.15) is 5.76 Å². The number of carbonyl (C=O) groups excluding carboxylic acids is 1. The monoisotopic (exact) mass is 529 g/mol. The van der Waals surface area contributed by atoms with Gasteiger partial charge in [-0.1, -0.05) is 12.2 Å². The first-order valence-electron chi connectivity index (χ1n) is 10.8. The number of hydrogen-bond donors (Lipinski definition) is 1. The summed E-state index contributed by atoms with van der Waals surface area (Å²) in [6, 6.07) is 3.90. The quantitative estimate of drug-likeness (QED) is 0.255. The fourth-order valence-corrected chi connectivity index (χ4v) is 3.78. The molecule has 0 saturated carbocycles. The van der Waals surface area contributed by atoms with E-state index in [0.29, 0.717) is 13.1 Å². The predicted molar refractivity (Wildman–Crippen MR) is 131 cm³/mol. The molecule has 7 nitrogen and oxygen atoms in total. The number of hydrogen-bond acceptors (Lipinski definition) is 4. The molecule has 1 aromatic heterocycles. The number of nitrogens with one attached hydrogen (secondary N) is 1. The van der Waals surface area contributed by atoms with Crippen molar-refractivity contribution in [2.75, 3.05) is 58.9 Å². The zero-order valence-corrected chi connectivity index (χ0v) is 20.5. The van der Waals surface area contributed by atoms with E-state index in [9.17, 15) is 4.79 Å². The number of furan rings is 1. The molecule has 0 atom stereocenters. The molecule has 0 aromatic carbocycles. The van der Waals surface area contributed by atoms with E-state index in [1.54, 1.807) is 6.26 Å². The van der Waals surface area contributed by atoms with Gasteiger partial charge >= 0.3 is 0 Å². The Kier molecular flexibility index (Phi) is 10.7. The van der Waals surface area contributed by atoms with E-state index in [0.717, 1.165) is 82.4 Å². The zero-order chi connectivity index (χ0) is 20.5. The van der Waals surface area contributed by atoms with Gasteiger partial charge in [-0.05, 0) is 38.3 Å². The minimum atomic E-state index is 0. The van der Waals surface area contributed by atoms with Crippen LogP contribution in [0.15, 0.2) is 40.0 Å². The maximum Gasteiger partial charge on any atom is 0.236 e. The molecule has 3 rings (SSSR count). The minimum absolute atomic E-state index is 0. The van der Waals surface area contributed by atoms with Crippen molar-refractivity contribution in [3.8, 4) is 0 Å². The first-order valence-corrected chi connectivity index (χ1v) is 10.8. The van der Waals surface area contributed by atoms with Crippen LogP contribution in [0.5, 0.6) is 0 Å². The Balaban J connectivity index is 0.00000320. The standard InChI is InChI=1S/C22H35N5O2.HI/c1-19(2)17-24-22(23-9-8-20-7-6-16-29-20)27-14-12-25(13-15-27)18-21(28)26-10-4-3-5-11-26;/h6-7,16H,1,3-5,8-15,17-18H2,2H3,(H,23,24);1H. The number of nitrogens with zero attached hydrogens (tertiary/aromatic N) is 4. The third-order valence-electron chi connectivity index (χ3n) is 5.47. The molecule has 0 aliphatic carbocycles. The Morgan fingerprint density at radius 1 is 1.13 bits per heavy atom. The minimum Gasteiger partial charge on any atom is -0.469 e. The lowest BCUT2D eigenvalue weighted by Gasteiger charge is -2.37. The van der Waals surface area contributed by atoms with Crippen LogP contribution in [-0.2, 0) is 11.2 Å². The number of amides is 1. The van der Waals surface area contributed by atoms with Gasteiger partial charge in [-0.15, -0.1) is 24.0 Å². The number of carbonyl (C=O) groups is 1. The maximum atomic E-state index is 12.5. The van der Waals surface area contributed by atoms with Gasteiger partial charge in [0, 0.05) is 52.2 Å². The summed E-state index contributed by atoms with van der Waals surface area (Å²) in [6.45, 7) is 13.2. The summed E-state index contributed by atoms with van der Waals surface area (Å²) < 4.78 is 5.41. The van der Waals surface area contributed by atoms with Crippen LogP contribution in [0.3, 0.4) is 0 Å². The summed E-state index contributed by atoms with van der Waals surface area (Å²) in [4.78, 5) is 23.9. The maximum absolute atomic E-state index is 12.5. The van der Waals surface area contributed by atoms with E-state index in [1.165, 1.54) is 6.42 Å². The van der Waals surface area contributed by atoms with Crippen LogP contribution >= 0.6 is 24.0 Å². The highest BCUT2D eigenvalue weighted by molar-refractivity contribution is 14.0. The molecule has 3 heterocycles. The van der Waals surface area contributed by atoms with Crippen molar-refractivity contribution in [1.82, 2.24) is 20.0 Å². The predicted octanol–water partition coefficient (Wildman–Crippen LogP) is 2.59. The summed E-state index contributed by atoms with van der Waals surface area (Å²) in [5.41, 5.74) is 1.04. The number of aliphatic imine (C=N–C) groups is 1. The molecule has 2 fully saturated rings. The number of likely N-dealkylation sites (tertiary alicyclic amines) is 1. The molecule has 8 heteroatoms. The van der Waals surface area contributed by atoms with Gasteiger partial charge < -0.3 is 19.5 Å². The normalized spacial score (nSPS) is 18.1. The van der Waals surface area contributed by atoms with Crippen molar-refractivity contribution in [2.45, 2.75) is 32.6 Å². The van der Waals surface area contributed by atoms with Gasteiger partial charge in [-0.3, -0.25) is 9.69 Å². The van der Waals surface area contributed by atoms with Crippen molar-refractivity contribution >= 4 is 35.8 Å². The Labute approximate surface area is 197 Å². The third-order valence-corrected chi connectivity index (χ3v) is 5.47. The summed E-state index contributed by atoms with van der Waals surface area (Å²) in [7, 11) is 0. The number of rotatable bonds is 7. The van der Waals surface area contributed by atoms with E-state index in [2.05, 4.69) is 21.7 Å². The fourth-order valence-electron chi connectivity index (χ4n) is 3.78. The van der Waals surface area contributed by atoms with E-state index in [4.69, 9.17) is 9.41 Å². The van der Waals surface area contributed by atoms with Crippen molar-refractivity contribution in [1.29, 1.82) is 0 Å². The second-order valence-electron chi connectivity index (χ2n) is 8.06. The molecule has 2 aliphatic heterocycles. The largest absolute Gasteiger partial charge is 0.469 e. The molecule has 0 radical (unpaired) electrons. The molecule has 1 amide bonds. The van der Waals surface area contributed by atoms with E-state index >= 15 is 0 Å². The Morgan fingerprint density at radius 3 is 2.50 bits per heavy atom. The van der Waals surface area contributed by atoms with E-state index in [1.807, 2.05) is 24.0 Å². The lowest BCUT2D eigenvalue weighted by molar-refractivity contribution is -0.133. The summed E-state index contributed by atoms with van der Waals surface area (Å²) in [5.74, 6) is 2.17. The molecular weight excluding hydrogens is 493 g/mol. The van der Waals surface area contributed by atoms with Gasteiger partial charge in [0.05, 0.1) is 19.4 Å². The molecule has 1 aromatic rings. The van der Waals surface area contributed by atoms with Crippen molar-refractivity contribution < 1.29 is 9.21 Å². The molecule has 0 unspecified atom stereocenters. The molecule has 168 valence electrons. The third kappa shape index (κ3) is 7.94. The topological polar surface area (TPSA) is 64.3 Å². The van der Waals surface area contributed by atoms with Gasteiger partial charge in [-0.25, -0.2) is 4.99 Å². The fraction of sp³-hybridized carbons (Fsp3) is 0.636. The van der Waals surface area contributed by atoms with Gasteiger partial charge in [0.2, 0.25) is 5.91 Å². The number of guanidine groups is 1. The van der Waals surface area contributed by atoms with Crippen LogP contribution in [0.2, 0.25) is 0 Å². The average Bonchev–Trinajstić information content (AvgIpc) is 3.25. The van der Waals surface area contributed by atoms with Crippen molar-refractivity contribution in [3.05, 3.63) is 36.3 Å². The Bertz CT molecular complexity index is 678. The second-order valence-corrected chi connectivity index (χ2v) is 8.06. The van der Waals surface area contributed by atoms with Crippen LogP contribution in [0.1, 0.15) is 31.9 Å². The molecule has 2 saturated heterocycles. The van der Waals surface area contributed by atoms with E-state index < -0.39 is 0 Å². The van der Waals surface area contributed by atoms with E-state index in [-0.39, 0.29) is 29.9 Å². The number of halogens is 1. The highest BCUT2D eigenvalue weighted by atomic mass is 127. The lowest BCUT2D eigenvalue weighted by atomic mass is 10.1. The second kappa shape index (κ2) is 13.0. The highest BCUT2D eigenvalue weighted by Crippen LogP contribution is 2.10.